The predicted octanol–water partition coefficient (Wildman–Crippen LogP) is 6.13. The van der Waals surface area contributed by atoms with E-state index >= 15 is 0 Å². The highest BCUT2D eigenvalue weighted by Gasteiger charge is 2.31. The van der Waals surface area contributed by atoms with Crippen LogP contribution in [0.2, 0.25) is 10.0 Å². The van der Waals surface area contributed by atoms with Crippen LogP contribution in [-0.4, -0.2) is 35.3 Å². The molecule has 0 bridgehead atoms. The summed E-state index contributed by atoms with van der Waals surface area (Å²) in [7, 11) is 0. The van der Waals surface area contributed by atoms with Gasteiger partial charge in [-0.05, 0) is 43.7 Å². The summed E-state index contributed by atoms with van der Waals surface area (Å²) < 4.78 is 39.2. The van der Waals surface area contributed by atoms with Crippen LogP contribution in [0.15, 0.2) is 47.6 Å². The number of carbonyl (C=O) groups excluding carboxylic acids is 1. The molecule has 2 amide bonds. The number of alkyl halides is 3. The van der Waals surface area contributed by atoms with Crippen LogP contribution in [0.25, 0.3) is 0 Å². The molecule has 0 radical (unpaired) electrons. The molecule has 0 aromatic heterocycles. The number of rotatable bonds is 6. The summed E-state index contributed by atoms with van der Waals surface area (Å²) in [5, 5.41) is 7.68. The second-order valence-corrected chi connectivity index (χ2v) is 8.60. The third-order valence-electron chi connectivity index (χ3n) is 4.74. The van der Waals surface area contributed by atoms with Gasteiger partial charge in [0, 0.05) is 24.6 Å². The topological polar surface area (TPSA) is 53.9 Å². The molecule has 0 saturated carbocycles. The third-order valence-corrected chi connectivity index (χ3v) is 5.48. The van der Waals surface area contributed by atoms with Crippen LogP contribution >= 0.6 is 23.2 Å². The molecule has 2 aromatic rings. The van der Waals surface area contributed by atoms with Crippen molar-refractivity contribution in [3.63, 3.8) is 0 Å². The molecule has 0 spiro atoms. The average molecular weight is 488 g/mol. The van der Waals surface area contributed by atoms with Gasteiger partial charge in [0.2, 0.25) is 0 Å². The van der Waals surface area contributed by atoms with E-state index in [1.54, 1.807) is 38.1 Å². The second-order valence-electron chi connectivity index (χ2n) is 7.78. The van der Waals surface area contributed by atoms with E-state index in [9.17, 15) is 18.0 Å². The zero-order valence-corrected chi connectivity index (χ0v) is 18.9. The van der Waals surface area contributed by atoms with Crippen molar-refractivity contribution in [2.75, 3.05) is 6.54 Å². The van der Waals surface area contributed by atoms with E-state index in [-0.39, 0.29) is 19.1 Å². The SMILES string of the molecule is CC(C)NC(=O)N(Cc1cccc(C(F)(F)F)c1)CC1CC(c2ccc(Cl)c(Cl)c2)=NO1. The maximum absolute atomic E-state index is 13.1. The fourth-order valence-electron chi connectivity index (χ4n) is 3.24. The van der Waals surface area contributed by atoms with Crippen LogP contribution in [-0.2, 0) is 17.6 Å². The Morgan fingerprint density at radius 1 is 1.22 bits per heavy atom. The van der Waals surface area contributed by atoms with E-state index in [2.05, 4.69) is 10.5 Å². The van der Waals surface area contributed by atoms with Crippen molar-refractivity contribution in [3.8, 4) is 0 Å². The van der Waals surface area contributed by atoms with Crippen LogP contribution < -0.4 is 5.32 Å². The van der Waals surface area contributed by atoms with Crippen molar-refractivity contribution >= 4 is 34.9 Å². The Bertz CT molecular complexity index is 1010. The van der Waals surface area contributed by atoms with Gasteiger partial charge in [0.05, 0.1) is 27.9 Å². The average Bonchev–Trinajstić information content (AvgIpc) is 3.17. The molecule has 1 aliphatic rings. The van der Waals surface area contributed by atoms with Gasteiger partial charge in [-0.1, -0.05) is 46.6 Å². The first kappa shape index (κ1) is 24.2. The number of amides is 2. The number of hydrogen-bond acceptors (Lipinski definition) is 3. The Labute approximate surface area is 194 Å². The van der Waals surface area contributed by atoms with Gasteiger partial charge in [-0.25, -0.2) is 4.79 Å². The van der Waals surface area contributed by atoms with E-state index < -0.39 is 23.9 Å². The molecule has 172 valence electrons. The summed E-state index contributed by atoms with van der Waals surface area (Å²) in [4.78, 5) is 19.7. The molecule has 32 heavy (non-hydrogen) atoms. The highest BCUT2D eigenvalue weighted by molar-refractivity contribution is 6.42. The minimum absolute atomic E-state index is 0.00948. The quantitative estimate of drug-likeness (QED) is 0.532. The van der Waals surface area contributed by atoms with E-state index in [1.165, 1.54) is 11.0 Å². The van der Waals surface area contributed by atoms with E-state index in [1.807, 2.05) is 0 Å². The van der Waals surface area contributed by atoms with Gasteiger partial charge in [-0.2, -0.15) is 13.2 Å². The number of nitrogens with one attached hydrogen (secondary N) is 1. The highest BCUT2D eigenvalue weighted by Crippen LogP contribution is 2.30. The molecule has 10 heteroatoms. The van der Waals surface area contributed by atoms with Crippen LogP contribution in [0.4, 0.5) is 18.0 Å². The van der Waals surface area contributed by atoms with Gasteiger partial charge < -0.3 is 15.1 Å². The van der Waals surface area contributed by atoms with Crippen molar-refractivity contribution in [2.45, 2.75) is 45.1 Å². The number of nitrogens with zero attached hydrogens (tertiary/aromatic N) is 2. The molecular formula is C22H22Cl2F3N3O2. The smallest absolute Gasteiger partial charge is 0.390 e. The summed E-state index contributed by atoms with van der Waals surface area (Å²) >= 11 is 12.0. The first-order chi connectivity index (χ1) is 15.0. The Hall–Kier alpha value is -2.45. The molecule has 0 saturated heterocycles. The Morgan fingerprint density at radius 2 is 1.97 bits per heavy atom. The second kappa shape index (κ2) is 10.0. The molecule has 0 fully saturated rings. The lowest BCUT2D eigenvalue weighted by atomic mass is 10.0. The molecule has 1 unspecified atom stereocenters. The van der Waals surface area contributed by atoms with Crippen molar-refractivity contribution in [3.05, 3.63) is 69.2 Å². The normalized spacial score (nSPS) is 16.0. The molecular weight excluding hydrogens is 466 g/mol. The molecule has 1 atom stereocenters. The number of halogens is 5. The largest absolute Gasteiger partial charge is 0.416 e. The van der Waals surface area contributed by atoms with Crippen LogP contribution in [0.1, 0.15) is 37.0 Å². The van der Waals surface area contributed by atoms with Crippen molar-refractivity contribution in [1.29, 1.82) is 0 Å². The molecule has 3 rings (SSSR count). The summed E-state index contributed by atoms with van der Waals surface area (Å²) in [6, 6.07) is 9.49. The van der Waals surface area contributed by atoms with Crippen LogP contribution in [0, 0.1) is 0 Å². The summed E-state index contributed by atoms with van der Waals surface area (Å²) in [6.07, 6.45) is -4.51. The Morgan fingerprint density at radius 3 is 2.62 bits per heavy atom. The van der Waals surface area contributed by atoms with Gasteiger partial charge in [0.25, 0.3) is 0 Å². The Kier molecular flexibility index (Phi) is 7.56. The van der Waals surface area contributed by atoms with E-state index in [0.717, 1.165) is 17.7 Å². The lowest BCUT2D eigenvalue weighted by Gasteiger charge is -2.26. The van der Waals surface area contributed by atoms with E-state index in [4.69, 9.17) is 28.0 Å². The number of urea groups is 1. The minimum atomic E-state index is -4.46. The van der Waals surface area contributed by atoms with Crippen molar-refractivity contribution < 1.29 is 22.8 Å². The third kappa shape index (κ3) is 6.29. The van der Waals surface area contributed by atoms with Crippen LogP contribution in [0.5, 0.6) is 0 Å². The number of oxime groups is 1. The first-order valence-corrected chi connectivity index (χ1v) is 10.7. The fraction of sp³-hybridized carbons (Fsp3) is 0.364. The number of hydrogen-bond donors (Lipinski definition) is 1. The van der Waals surface area contributed by atoms with Gasteiger partial charge in [0.15, 0.2) is 6.10 Å². The maximum atomic E-state index is 13.1. The van der Waals surface area contributed by atoms with Gasteiger partial charge in [-0.3, -0.25) is 0 Å². The molecule has 1 aliphatic heterocycles. The van der Waals surface area contributed by atoms with Crippen molar-refractivity contribution in [2.24, 2.45) is 5.16 Å². The lowest BCUT2D eigenvalue weighted by Crippen LogP contribution is -2.45. The monoisotopic (exact) mass is 487 g/mol. The zero-order chi connectivity index (χ0) is 23.5. The minimum Gasteiger partial charge on any atom is -0.390 e. The Balaban J connectivity index is 1.73. The maximum Gasteiger partial charge on any atom is 0.416 e. The number of benzene rings is 2. The van der Waals surface area contributed by atoms with Gasteiger partial charge in [-0.15, -0.1) is 0 Å². The highest BCUT2D eigenvalue weighted by atomic mass is 35.5. The summed E-state index contributed by atoms with van der Waals surface area (Å²) in [5.41, 5.74) is 0.999. The molecule has 2 aromatic carbocycles. The molecule has 5 nitrogen and oxygen atoms in total. The fourth-order valence-corrected chi connectivity index (χ4v) is 3.54. The molecule has 0 aliphatic carbocycles. The molecule has 1 N–H and O–H groups in total. The zero-order valence-electron chi connectivity index (χ0n) is 17.4. The summed E-state index contributed by atoms with van der Waals surface area (Å²) in [5.74, 6) is 0. The van der Waals surface area contributed by atoms with E-state index in [0.29, 0.717) is 27.7 Å². The van der Waals surface area contributed by atoms with Crippen LogP contribution in [0.3, 0.4) is 0 Å². The first-order valence-electron chi connectivity index (χ1n) is 9.92. The molecule has 1 heterocycles. The number of carbonyl (C=O) groups is 1. The summed E-state index contributed by atoms with van der Waals surface area (Å²) in [6.45, 7) is 3.74. The van der Waals surface area contributed by atoms with Crippen molar-refractivity contribution in [1.82, 2.24) is 10.2 Å². The van der Waals surface area contributed by atoms with Gasteiger partial charge in [0.1, 0.15) is 0 Å². The predicted molar refractivity (Wildman–Crippen MR) is 118 cm³/mol. The lowest BCUT2D eigenvalue weighted by molar-refractivity contribution is -0.137. The standard InChI is InChI=1S/C22H22Cl2F3N3O2/c1-13(2)28-21(31)30(11-14-4-3-5-16(8-14)22(25,26)27)12-17-10-20(29-32-17)15-6-7-18(23)19(24)9-15/h3-9,13,17H,10-12H2,1-2H3,(H,28,31). The van der Waals surface area contributed by atoms with Gasteiger partial charge >= 0.3 is 12.2 Å².